The molecule has 1 aromatic carbocycles. The quantitative estimate of drug-likeness (QED) is 0.782. The first-order valence-electron chi connectivity index (χ1n) is 9.45. The van der Waals surface area contributed by atoms with Crippen LogP contribution in [0.15, 0.2) is 24.3 Å². The molecule has 0 atom stereocenters. The Labute approximate surface area is 170 Å². The van der Waals surface area contributed by atoms with Crippen molar-refractivity contribution >= 4 is 29.5 Å². The van der Waals surface area contributed by atoms with Crippen LogP contribution >= 0.6 is 11.6 Å². The number of carbonyl (C=O) groups excluding carboxylic acids is 3. The van der Waals surface area contributed by atoms with Crippen molar-refractivity contribution in [3.63, 3.8) is 0 Å². The van der Waals surface area contributed by atoms with Crippen molar-refractivity contribution in [1.29, 1.82) is 0 Å². The predicted octanol–water partition coefficient (Wildman–Crippen LogP) is 2.98. The van der Waals surface area contributed by atoms with Gasteiger partial charge in [-0.1, -0.05) is 17.7 Å². The summed E-state index contributed by atoms with van der Waals surface area (Å²) in [6, 6.07) is 6.84. The van der Waals surface area contributed by atoms with Crippen LogP contribution in [0.25, 0.3) is 0 Å². The first-order valence-corrected chi connectivity index (χ1v) is 9.83. The van der Waals surface area contributed by atoms with Crippen molar-refractivity contribution in [2.24, 2.45) is 0 Å². The minimum absolute atomic E-state index is 0.0179. The normalized spacial score (nSPS) is 15.1. The van der Waals surface area contributed by atoms with Gasteiger partial charge in [-0.15, -0.1) is 0 Å². The lowest BCUT2D eigenvalue weighted by Crippen LogP contribution is -2.47. The van der Waals surface area contributed by atoms with Gasteiger partial charge in [0.15, 0.2) is 0 Å². The molecule has 2 N–H and O–H groups in total. The van der Waals surface area contributed by atoms with Gasteiger partial charge < -0.3 is 20.3 Å². The highest BCUT2D eigenvalue weighted by Gasteiger charge is 2.24. The minimum Gasteiger partial charge on any atom is -0.444 e. The fraction of sp³-hybridized carbons (Fsp3) is 0.550. The lowest BCUT2D eigenvalue weighted by Gasteiger charge is -2.32. The molecule has 0 bridgehead atoms. The van der Waals surface area contributed by atoms with E-state index in [1.165, 1.54) is 0 Å². The van der Waals surface area contributed by atoms with Crippen LogP contribution in [0.2, 0.25) is 5.02 Å². The van der Waals surface area contributed by atoms with E-state index >= 15 is 0 Å². The van der Waals surface area contributed by atoms with Gasteiger partial charge in [-0.3, -0.25) is 9.59 Å². The Bertz CT molecular complexity index is 710. The van der Waals surface area contributed by atoms with Crippen molar-refractivity contribution in [1.82, 2.24) is 15.5 Å². The summed E-state index contributed by atoms with van der Waals surface area (Å²) in [7, 11) is 0. The van der Waals surface area contributed by atoms with Crippen molar-refractivity contribution < 1.29 is 19.1 Å². The van der Waals surface area contributed by atoms with E-state index in [2.05, 4.69) is 10.6 Å². The van der Waals surface area contributed by atoms with Gasteiger partial charge in [-0.25, -0.2) is 4.79 Å². The molecule has 1 aliphatic heterocycles. The maximum atomic E-state index is 12.3. The van der Waals surface area contributed by atoms with Crippen LogP contribution in [0, 0.1) is 0 Å². The number of amides is 3. The highest BCUT2D eigenvalue weighted by Crippen LogP contribution is 2.14. The van der Waals surface area contributed by atoms with Crippen molar-refractivity contribution in [2.75, 3.05) is 19.6 Å². The highest BCUT2D eigenvalue weighted by atomic mass is 35.5. The first-order chi connectivity index (χ1) is 13.1. The van der Waals surface area contributed by atoms with E-state index in [4.69, 9.17) is 16.3 Å². The van der Waals surface area contributed by atoms with E-state index < -0.39 is 11.7 Å². The molecule has 7 nitrogen and oxygen atoms in total. The summed E-state index contributed by atoms with van der Waals surface area (Å²) in [5, 5.41) is 6.10. The van der Waals surface area contributed by atoms with Crippen LogP contribution in [-0.4, -0.2) is 54.1 Å². The third kappa shape index (κ3) is 7.38. The summed E-state index contributed by atoms with van der Waals surface area (Å²) in [4.78, 5) is 37.9. The molecule has 8 heteroatoms. The van der Waals surface area contributed by atoms with Gasteiger partial charge >= 0.3 is 6.09 Å². The number of nitrogens with one attached hydrogen (secondary N) is 2. The summed E-state index contributed by atoms with van der Waals surface area (Å²) >= 11 is 5.92. The molecule has 2 rings (SSSR count). The fourth-order valence-corrected chi connectivity index (χ4v) is 3.11. The Hall–Kier alpha value is -2.28. The zero-order valence-corrected chi connectivity index (χ0v) is 17.3. The van der Waals surface area contributed by atoms with E-state index in [-0.39, 0.29) is 30.8 Å². The number of alkyl carbamates (subject to hydrolysis) is 1. The fourth-order valence-electron chi connectivity index (χ4n) is 2.92. The highest BCUT2D eigenvalue weighted by molar-refractivity contribution is 6.30. The van der Waals surface area contributed by atoms with Crippen LogP contribution in [-0.2, 0) is 9.53 Å². The minimum atomic E-state index is -0.564. The van der Waals surface area contributed by atoms with Crippen LogP contribution in [0.4, 0.5) is 4.79 Å². The van der Waals surface area contributed by atoms with Crippen LogP contribution in [0.1, 0.15) is 50.4 Å². The van der Waals surface area contributed by atoms with Gasteiger partial charge in [-0.2, -0.15) is 0 Å². The van der Waals surface area contributed by atoms with Crippen molar-refractivity contribution in [3.8, 4) is 0 Å². The zero-order chi connectivity index (χ0) is 20.7. The molecule has 0 radical (unpaired) electrons. The molecular weight excluding hydrogens is 382 g/mol. The third-order valence-corrected chi connectivity index (χ3v) is 4.51. The summed E-state index contributed by atoms with van der Waals surface area (Å²) < 4.78 is 5.14. The lowest BCUT2D eigenvalue weighted by molar-refractivity contribution is -0.132. The summed E-state index contributed by atoms with van der Waals surface area (Å²) in [6.07, 6.45) is 1.08. The van der Waals surface area contributed by atoms with Crippen LogP contribution in [0.3, 0.4) is 0 Å². The molecule has 1 fully saturated rings. The van der Waals surface area contributed by atoms with Crippen LogP contribution < -0.4 is 10.6 Å². The van der Waals surface area contributed by atoms with Gasteiger partial charge in [0.05, 0.1) is 0 Å². The molecule has 3 amide bonds. The smallest absolute Gasteiger partial charge is 0.407 e. The average molecular weight is 410 g/mol. The largest absolute Gasteiger partial charge is 0.444 e. The molecule has 0 aromatic heterocycles. The van der Waals surface area contributed by atoms with E-state index in [9.17, 15) is 14.4 Å². The summed E-state index contributed by atoms with van der Waals surface area (Å²) in [5.41, 5.74) is -0.0369. The lowest BCUT2D eigenvalue weighted by atomic mass is 10.0. The number of piperidine rings is 1. The maximum Gasteiger partial charge on any atom is 0.407 e. The van der Waals surface area contributed by atoms with E-state index in [0.29, 0.717) is 36.5 Å². The molecule has 1 saturated heterocycles. The summed E-state index contributed by atoms with van der Waals surface area (Å²) in [5.74, 6) is -0.176. The molecule has 0 aliphatic carbocycles. The molecule has 0 spiro atoms. The molecular formula is C20H28ClN3O4. The number of ether oxygens (including phenoxy) is 1. The third-order valence-electron chi connectivity index (χ3n) is 4.28. The number of nitrogens with zero attached hydrogens (tertiary/aromatic N) is 1. The second-order valence-electron chi connectivity index (χ2n) is 7.82. The number of halogens is 1. The SMILES string of the molecule is CC(C)(C)OC(=O)NCCC(=O)N1CCC(NC(=O)c2cccc(Cl)c2)CC1. The average Bonchev–Trinajstić information content (AvgIpc) is 2.60. The Balaban J connectivity index is 1.69. The molecule has 154 valence electrons. The zero-order valence-electron chi connectivity index (χ0n) is 16.6. The van der Waals surface area contributed by atoms with E-state index in [0.717, 1.165) is 0 Å². The van der Waals surface area contributed by atoms with Crippen LogP contribution in [0.5, 0.6) is 0 Å². The molecule has 0 unspecified atom stereocenters. The topological polar surface area (TPSA) is 87.7 Å². The Morgan fingerprint density at radius 2 is 1.89 bits per heavy atom. The monoisotopic (exact) mass is 409 g/mol. The molecule has 1 heterocycles. The van der Waals surface area contributed by atoms with Crippen molar-refractivity contribution in [3.05, 3.63) is 34.9 Å². The van der Waals surface area contributed by atoms with Gasteiger partial charge in [0.25, 0.3) is 5.91 Å². The van der Waals surface area contributed by atoms with Gasteiger partial charge in [0.2, 0.25) is 5.91 Å². The Morgan fingerprint density at radius 1 is 1.21 bits per heavy atom. The standard InChI is InChI=1S/C20H28ClN3O4/c1-20(2,3)28-19(27)22-10-7-17(25)24-11-8-16(9-12-24)23-18(26)14-5-4-6-15(21)13-14/h4-6,13,16H,7-12H2,1-3H3,(H,22,27)(H,23,26). The molecule has 1 aliphatic rings. The van der Waals surface area contributed by atoms with E-state index in [1.54, 1.807) is 49.9 Å². The number of likely N-dealkylation sites (tertiary alicyclic amines) is 1. The van der Waals surface area contributed by atoms with Gasteiger partial charge in [0.1, 0.15) is 5.60 Å². The second kappa shape index (κ2) is 9.78. The van der Waals surface area contributed by atoms with Gasteiger partial charge in [-0.05, 0) is 51.8 Å². The predicted molar refractivity (Wildman–Crippen MR) is 107 cm³/mol. The number of hydrogen-bond donors (Lipinski definition) is 2. The number of hydrogen-bond acceptors (Lipinski definition) is 4. The number of benzene rings is 1. The Kier molecular flexibility index (Phi) is 7.69. The second-order valence-corrected chi connectivity index (χ2v) is 8.25. The summed E-state index contributed by atoms with van der Waals surface area (Å²) in [6.45, 7) is 6.74. The maximum absolute atomic E-state index is 12.3. The van der Waals surface area contributed by atoms with Gasteiger partial charge in [0, 0.05) is 42.7 Å². The molecule has 0 saturated carbocycles. The number of rotatable bonds is 5. The molecule has 1 aromatic rings. The Morgan fingerprint density at radius 3 is 2.50 bits per heavy atom. The molecule has 28 heavy (non-hydrogen) atoms. The number of carbonyl (C=O) groups is 3. The van der Waals surface area contributed by atoms with E-state index in [1.807, 2.05) is 0 Å². The first kappa shape index (κ1) is 22.0. The van der Waals surface area contributed by atoms with Crippen molar-refractivity contribution in [2.45, 2.75) is 51.7 Å².